The molecule has 0 aliphatic carbocycles. The third-order valence-corrected chi connectivity index (χ3v) is 4.08. The molecule has 0 bridgehead atoms. The lowest BCUT2D eigenvalue weighted by atomic mass is 10.0. The predicted molar refractivity (Wildman–Crippen MR) is 80.9 cm³/mol. The van der Waals surface area contributed by atoms with Gasteiger partial charge in [-0.15, -0.1) is 0 Å². The number of aryl methyl sites for hydroxylation is 1. The lowest BCUT2D eigenvalue weighted by molar-refractivity contribution is -0.132. The molecule has 0 atom stereocenters. The highest BCUT2D eigenvalue weighted by Gasteiger charge is 2.20. The maximum absolute atomic E-state index is 13.2. The normalized spacial score (nSPS) is 13.7. The van der Waals surface area contributed by atoms with Gasteiger partial charge < -0.3 is 9.88 Å². The summed E-state index contributed by atoms with van der Waals surface area (Å²) in [5.41, 5.74) is 2.37. The van der Waals surface area contributed by atoms with Crippen molar-refractivity contribution in [2.24, 2.45) is 0 Å². The van der Waals surface area contributed by atoms with Gasteiger partial charge in [0.05, 0.1) is 0 Å². The van der Waals surface area contributed by atoms with Gasteiger partial charge in [-0.2, -0.15) is 0 Å². The number of rotatable bonds is 3. The number of nitrogens with zero attached hydrogens (tertiary/aromatic N) is 1. The molecule has 0 unspecified atom stereocenters. The van der Waals surface area contributed by atoms with Gasteiger partial charge in [0.1, 0.15) is 0 Å². The summed E-state index contributed by atoms with van der Waals surface area (Å²) in [6.45, 7) is 1.02. The number of pyridine rings is 1. The first kappa shape index (κ1) is 15.4. The molecule has 4 nitrogen and oxygen atoms in total. The van der Waals surface area contributed by atoms with E-state index >= 15 is 0 Å². The van der Waals surface area contributed by atoms with Crippen molar-refractivity contribution in [3.05, 3.63) is 69.1 Å². The minimum atomic E-state index is -0.897. The second-order valence-corrected chi connectivity index (χ2v) is 5.66. The molecule has 2 aromatic rings. The smallest absolute Gasteiger partial charge is 0.248 e. The molecular formula is C17H16F2N2O2. The minimum Gasteiger partial charge on any atom is -0.338 e. The van der Waals surface area contributed by atoms with Gasteiger partial charge in [0.2, 0.25) is 11.5 Å². The van der Waals surface area contributed by atoms with Gasteiger partial charge in [-0.1, -0.05) is 6.07 Å². The molecule has 1 aliphatic rings. The quantitative estimate of drug-likeness (QED) is 0.943. The number of aromatic amines is 1. The van der Waals surface area contributed by atoms with Crippen LogP contribution in [0.3, 0.4) is 0 Å². The summed E-state index contributed by atoms with van der Waals surface area (Å²) in [6.07, 6.45) is 2.90. The van der Waals surface area contributed by atoms with Gasteiger partial charge in [0.25, 0.3) is 0 Å². The molecule has 120 valence electrons. The number of H-pyrrole nitrogens is 1. The number of carbonyl (C=O) groups is 1. The number of amides is 1. The van der Waals surface area contributed by atoms with Crippen molar-refractivity contribution in [1.29, 1.82) is 0 Å². The Hall–Kier alpha value is -2.50. The Morgan fingerprint density at radius 1 is 1.17 bits per heavy atom. The minimum absolute atomic E-state index is 0.0356. The first-order valence-electron chi connectivity index (χ1n) is 7.45. The molecule has 0 saturated heterocycles. The number of halogens is 2. The largest absolute Gasteiger partial charge is 0.338 e. The van der Waals surface area contributed by atoms with Crippen molar-refractivity contribution in [2.45, 2.75) is 25.8 Å². The molecule has 0 saturated carbocycles. The molecule has 1 amide bonds. The molecule has 2 heterocycles. The first-order chi connectivity index (χ1) is 11.0. The molecule has 1 aromatic heterocycles. The van der Waals surface area contributed by atoms with Crippen LogP contribution in [0.4, 0.5) is 8.78 Å². The molecule has 6 heteroatoms. The van der Waals surface area contributed by atoms with Crippen molar-refractivity contribution in [2.75, 3.05) is 6.54 Å². The van der Waals surface area contributed by atoms with Crippen molar-refractivity contribution in [3.63, 3.8) is 0 Å². The molecular weight excluding hydrogens is 302 g/mol. The summed E-state index contributed by atoms with van der Waals surface area (Å²) in [7, 11) is 0. The van der Waals surface area contributed by atoms with E-state index in [9.17, 15) is 18.4 Å². The SMILES string of the molecule is O=C(CCc1ccc(F)c(F)c1)N1CCc2cc(=O)[nH]cc2C1. The monoisotopic (exact) mass is 318 g/mol. The van der Waals surface area contributed by atoms with Gasteiger partial charge in [0, 0.05) is 31.8 Å². The van der Waals surface area contributed by atoms with Crippen LogP contribution >= 0.6 is 0 Å². The highest BCUT2D eigenvalue weighted by molar-refractivity contribution is 5.76. The predicted octanol–water partition coefficient (Wildman–Crippen LogP) is 2.17. The molecule has 23 heavy (non-hydrogen) atoms. The standard InChI is InChI=1S/C17H16F2N2O2/c18-14-3-1-11(7-15(14)19)2-4-17(23)21-6-5-12-8-16(22)20-9-13(12)10-21/h1,3,7-9H,2,4-6,10H2,(H,20,22). The lowest BCUT2D eigenvalue weighted by Crippen LogP contribution is -2.36. The van der Waals surface area contributed by atoms with E-state index < -0.39 is 11.6 Å². The summed E-state index contributed by atoms with van der Waals surface area (Å²) in [6, 6.07) is 5.25. The zero-order valence-electron chi connectivity index (χ0n) is 12.4. The van der Waals surface area contributed by atoms with Crippen molar-refractivity contribution < 1.29 is 13.6 Å². The average Bonchev–Trinajstić information content (AvgIpc) is 2.55. The molecule has 3 rings (SSSR count). The third-order valence-electron chi connectivity index (χ3n) is 4.08. The fourth-order valence-electron chi connectivity index (χ4n) is 2.78. The summed E-state index contributed by atoms with van der Waals surface area (Å²) in [4.78, 5) is 27.9. The van der Waals surface area contributed by atoms with E-state index in [-0.39, 0.29) is 17.9 Å². The highest BCUT2D eigenvalue weighted by atomic mass is 19.2. The summed E-state index contributed by atoms with van der Waals surface area (Å²) in [5.74, 6) is -1.82. The van der Waals surface area contributed by atoms with Crippen LogP contribution in [0.2, 0.25) is 0 Å². The fourth-order valence-corrected chi connectivity index (χ4v) is 2.78. The van der Waals surface area contributed by atoms with E-state index in [4.69, 9.17) is 0 Å². The number of benzene rings is 1. The number of fused-ring (bicyclic) bond motifs is 1. The van der Waals surface area contributed by atoms with Gasteiger partial charge in [-0.3, -0.25) is 9.59 Å². The molecule has 0 radical (unpaired) electrons. The molecule has 1 N–H and O–H groups in total. The van der Waals surface area contributed by atoms with Crippen LogP contribution in [0.25, 0.3) is 0 Å². The lowest BCUT2D eigenvalue weighted by Gasteiger charge is -2.28. The zero-order valence-corrected chi connectivity index (χ0v) is 12.4. The van der Waals surface area contributed by atoms with Crippen molar-refractivity contribution in [1.82, 2.24) is 9.88 Å². The number of carbonyl (C=O) groups excluding carboxylic acids is 1. The number of nitrogens with one attached hydrogen (secondary N) is 1. The van der Waals surface area contributed by atoms with Crippen LogP contribution < -0.4 is 5.56 Å². The second-order valence-electron chi connectivity index (χ2n) is 5.66. The van der Waals surface area contributed by atoms with E-state index in [1.807, 2.05) is 0 Å². The fraction of sp³-hybridized carbons (Fsp3) is 0.294. The van der Waals surface area contributed by atoms with Gasteiger partial charge in [-0.25, -0.2) is 8.78 Å². The Bertz CT molecular complexity index is 801. The highest BCUT2D eigenvalue weighted by Crippen LogP contribution is 2.18. The number of hydrogen-bond acceptors (Lipinski definition) is 2. The van der Waals surface area contributed by atoms with Gasteiger partial charge >= 0.3 is 0 Å². The Labute approximate surface area is 131 Å². The summed E-state index contributed by atoms with van der Waals surface area (Å²) < 4.78 is 26.0. The van der Waals surface area contributed by atoms with Gasteiger partial charge in [-0.05, 0) is 41.7 Å². The topological polar surface area (TPSA) is 53.2 Å². The Morgan fingerprint density at radius 2 is 2.00 bits per heavy atom. The van der Waals surface area contributed by atoms with E-state index in [1.165, 1.54) is 6.07 Å². The second kappa shape index (κ2) is 6.32. The van der Waals surface area contributed by atoms with E-state index in [1.54, 1.807) is 17.2 Å². The Balaban J connectivity index is 1.62. The van der Waals surface area contributed by atoms with Crippen LogP contribution in [-0.2, 0) is 24.2 Å². The molecule has 0 spiro atoms. The number of hydrogen-bond donors (Lipinski definition) is 1. The maximum atomic E-state index is 13.2. The Morgan fingerprint density at radius 3 is 2.78 bits per heavy atom. The average molecular weight is 318 g/mol. The third kappa shape index (κ3) is 3.47. The summed E-state index contributed by atoms with van der Waals surface area (Å²) >= 11 is 0. The molecule has 1 aliphatic heterocycles. The zero-order chi connectivity index (χ0) is 16.4. The number of aromatic nitrogens is 1. The van der Waals surface area contributed by atoms with Crippen molar-refractivity contribution in [3.8, 4) is 0 Å². The van der Waals surface area contributed by atoms with Crippen LogP contribution in [0.1, 0.15) is 23.1 Å². The molecule has 1 aromatic carbocycles. The van der Waals surface area contributed by atoms with Crippen LogP contribution in [0, 0.1) is 11.6 Å². The van der Waals surface area contributed by atoms with Gasteiger partial charge in [0.15, 0.2) is 11.6 Å². The van der Waals surface area contributed by atoms with E-state index in [0.717, 1.165) is 23.3 Å². The van der Waals surface area contributed by atoms with Crippen LogP contribution in [0.5, 0.6) is 0 Å². The van der Waals surface area contributed by atoms with E-state index in [0.29, 0.717) is 31.5 Å². The first-order valence-corrected chi connectivity index (χ1v) is 7.45. The Kier molecular flexibility index (Phi) is 4.23. The molecule has 0 fully saturated rings. The maximum Gasteiger partial charge on any atom is 0.248 e. The van der Waals surface area contributed by atoms with Crippen LogP contribution in [-0.4, -0.2) is 22.3 Å². The summed E-state index contributed by atoms with van der Waals surface area (Å²) in [5, 5.41) is 0. The van der Waals surface area contributed by atoms with Crippen molar-refractivity contribution >= 4 is 5.91 Å². The van der Waals surface area contributed by atoms with E-state index in [2.05, 4.69) is 4.98 Å². The van der Waals surface area contributed by atoms with Crippen LogP contribution in [0.15, 0.2) is 35.3 Å².